The highest BCUT2D eigenvalue weighted by Crippen LogP contribution is 2.18. The minimum atomic E-state index is 0. The van der Waals surface area contributed by atoms with Crippen LogP contribution in [0, 0.1) is 0 Å². The van der Waals surface area contributed by atoms with E-state index < -0.39 is 0 Å². The van der Waals surface area contributed by atoms with Crippen LogP contribution < -0.4 is 11.1 Å². The van der Waals surface area contributed by atoms with Crippen molar-refractivity contribution in [3.63, 3.8) is 0 Å². The molecule has 21 heavy (non-hydrogen) atoms. The number of unbranched alkanes of at least 4 members (excludes halogenated alkanes) is 3. The molecule has 3 N–H and O–H groups in total. The highest BCUT2D eigenvalue weighted by molar-refractivity contribution is 5.85. The van der Waals surface area contributed by atoms with Crippen LogP contribution in [-0.2, 0) is 4.79 Å². The summed E-state index contributed by atoms with van der Waals surface area (Å²) in [6.07, 6.45) is 4.85. The minimum Gasteiger partial charge on any atom is -0.353 e. The number of nitrogens with two attached hydrogens (primary N) is 1. The molecule has 1 aromatic rings. The van der Waals surface area contributed by atoms with Crippen molar-refractivity contribution in [3.8, 4) is 0 Å². The first kappa shape index (κ1) is 19.9. The molecule has 0 aliphatic heterocycles. The lowest BCUT2D eigenvalue weighted by Gasteiger charge is -2.21. The highest BCUT2D eigenvalue weighted by atomic mass is 35.5. The van der Waals surface area contributed by atoms with Gasteiger partial charge < -0.3 is 11.1 Å². The smallest absolute Gasteiger partial charge is 0.220 e. The van der Waals surface area contributed by atoms with Crippen LogP contribution in [0.25, 0.3) is 0 Å². The van der Waals surface area contributed by atoms with Crippen LogP contribution in [0.1, 0.15) is 57.4 Å². The fraction of sp³-hybridized carbons (Fsp3) is 0.588. The Labute approximate surface area is 135 Å². The summed E-state index contributed by atoms with van der Waals surface area (Å²) in [6.45, 7) is 4.98. The lowest BCUT2D eigenvalue weighted by molar-refractivity contribution is -0.121. The first-order valence-electron chi connectivity index (χ1n) is 7.69. The predicted molar refractivity (Wildman–Crippen MR) is 91.8 cm³/mol. The van der Waals surface area contributed by atoms with Gasteiger partial charge in [0.2, 0.25) is 5.91 Å². The van der Waals surface area contributed by atoms with Gasteiger partial charge in [-0.2, -0.15) is 0 Å². The van der Waals surface area contributed by atoms with Gasteiger partial charge >= 0.3 is 0 Å². The molecule has 1 aromatic carbocycles. The summed E-state index contributed by atoms with van der Waals surface area (Å²) in [5.41, 5.74) is 6.71. The highest BCUT2D eigenvalue weighted by Gasteiger charge is 2.15. The summed E-state index contributed by atoms with van der Waals surface area (Å²) in [7, 11) is 0. The van der Waals surface area contributed by atoms with E-state index in [1.54, 1.807) is 0 Å². The van der Waals surface area contributed by atoms with Crippen LogP contribution in [-0.4, -0.2) is 18.5 Å². The first-order chi connectivity index (χ1) is 9.65. The van der Waals surface area contributed by atoms with Gasteiger partial charge in [-0.15, -0.1) is 12.4 Å². The maximum Gasteiger partial charge on any atom is 0.220 e. The van der Waals surface area contributed by atoms with Crippen molar-refractivity contribution >= 4 is 18.3 Å². The average Bonchev–Trinajstić information content (AvgIpc) is 2.47. The summed E-state index contributed by atoms with van der Waals surface area (Å²) >= 11 is 0. The topological polar surface area (TPSA) is 55.1 Å². The number of carbonyl (C=O) groups excluding carboxylic acids is 1. The molecule has 2 unspecified atom stereocenters. The van der Waals surface area contributed by atoms with Crippen molar-refractivity contribution in [1.29, 1.82) is 0 Å². The number of halogens is 1. The average molecular weight is 313 g/mol. The second kappa shape index (κ2) is 11.6. The maximum absolute atomic E-state index is 11.9. The standard InChI is InChI=1S/C17H28N2O.ClH/c1-14(16-10-6-5-7-11-16)15(2)19-17(20)12-8-3-4-9-13-18;/h5-7,10-11,14-15H,3-4,8-9,12-13,18H2,1-2H3,(H,19,20);1H. The Bertz CT molecular complexity index is 384. The fourth-order valence-electron chi connectivity index (χ4n) is 2.28. The Morgan fingerprint density at radius 1 is 1.10 bits per heavy atom. The van der Waals surface area contributed by atoms with Crippen LogP contribution in [0.2, 0.25) is 0 Å². The van der Waals surface area contributed by atoms with Crippen LogP contribution in [0.15, 0.2) is 30.3 Å². The molecule has 0 radical (unpaired) electrons. The van der Waals surface area contributed by atoms with E-state index >= 15 is 0 Å². The molecule has 0 aliphatic rings. The van der Waals surface area contributed by atoms with E-state index in [0.29, 0.717) is 12.3 Å². The van der Waals surface area contributed by atoms with E-state index in [2.05, 4.69) is 31.3 Å². The predicted octanol–water partition coefficient (Wildman–Crippen LogP) is 3.63. The molecule has 0 bridgehead atoms. The van der Waals surface area contributed by atoms with E-state index in [1.165, 1.54) is 5.56 Å². The molecule has 0 aliphatic carbocycles. The van der Waals surface area contributed by atoms with E-state index in [1.807, 2.05) is 18.2 Å². The van der Waals surface area contributed by atoms with Crippen molar-refractivity contribution in [1.82, 2.24) is 5.32 Å². The van der Waals surface area contributed by atoms with Gasteiger partial charge in [0.15, 0.2) is 0 Å². The van der Waals surface area contributed by atoms with Gasteiger partial charge in [-0.1, -0.05) is 50.1 Å². The molecule has 0 saturated heterocycles. The van der Waals surface area contributed by atoms with E-state index in [9.17, 15) is 4.79 Å². The number of nitrogens with one attached hydrogen (secondary N) is 1. The van der Waals surface area contributed by atoms with Crippen LogP contribution in [0.5, 0.6) is 0 Å². The fourth-order valence-corrected chi connectivity index (χ4v) is 2.28. The largest absolute Gasteiger partial charge is 0.353 e. The van der Waals surface area contributed by atoms with Gasteiger partial charge in [-0.3, -0.25) is 4.79 Å². The molecule has 0 fully saturated rings. The third-order valence-electron chi connectivity index (χ3n) is 3.82. The van der Waals surface area contributed by atoms with Crippen LogP contribution in [0.4, 0.5) is 0 Å². The van der Waals surface area contributed by atoms with Crippen LogP contribution >= 0.6 is 12.4 Å². The Balaban J connectivity index is 0.00000400. The Hall–Kier alpha value is -1.06. The van der Waals surface area contributed by atoms with E-state index in [4.69, 9.17) is 5.73 Å². The number of carbonyl (C=O) groups is 1. The maximum atomic E-state index is 11.9. The zero-order valence-electron chi connectivity index (χ0n) is 13.2. The second-order valence-corrected chi connectivity index (χ2v) is 5.51. The summed E-state index contributed by atoms with van der Waals surface area (Å²) in [6, 6.07) is 10.5. The Morgan fingerprint density at radius 3 is 2.33 bits per heavy atom. The summed E-state index contributed by atoms with van der Waals surface area (Å²) < 4.78 is 0. The van der Waals surface area contributed by atoms with E-state index in [-0.39, 0.29) is 24.4 Å². The van der Waals surface area contributed by atoms with Gasteiger partial charge in [-0.05, 0) is 31.9 Å². The van der Waals surface area contributed by atoms with Crippen molar-refractivity contribution in [3.05, 3.63) is 35.9 Å². The number of amides is 1. The Morgan fingerprint density at radius 2 is 1.71 bits per heavy atom. The summed E-state index contributed by atoms with van der Waals surface area (Å²) in [5, 5.41) is 3.11. The number of hydrogen-bond acceptors (Lipinski definition) is 2. The minimum absolute atomic E-state index is 0. The first-order valence-corrected chi connectivity index (χ1v) is 7.69. The van der Waals surface area contributed by atoms with E-state index in [0.717, 1.165) is 32.2 Å². The summed E-state index contributed by atoms with van der Waals surface area (Å²) in [4.78, 5) is 11.9. The molecule has 4 heteroatoms. The Kier molecular flexibility index (Phi) is 11.0. The molecule has 1 amide bonds. The van der Waals surface area contributed by atoms with Crippen LogP contribution in [0.3, 0.4) is 0 Å². The number of benzene rings is 1. The van der Waals surface area contributed by atoms with Gasteiger partial charge in [0.25, 0.3) is 0 Å². The molecule has 1 rings (SSSR count). The van der Waals surface area contributed by atoms with Gasteiger partial charge in [0.05, 0.1) is 0 Å². The van der Waals surface area contributed by atoms with Gasteiger partial charge in [-0.25, -0.2) is 0 Å². The van der Waals surface area contributed by atoms with Gasteiger partial charge in [0.1, 0.15) is 0 Å². The van der Waals surface area contributed by atoms with Crippen molar-refractivity contribution in [2.24, 2.45) is 5.73 Å². The van der Waals surface area contributed by atoms with Crippen molar-refractivity contribution < 1.29 is 4.79 Å². The van der Waals surface area contributed by atoms with Gasteiger partial charge in [0, 0.05) is 18.4 Å². The second-order valence-electron chi connectivity index (χ2n) is 5.51. The summed E-state index contributed by atoms with van der Waals surface area (Å²) in [5.74, 6) is 0.491. The lowest BCUT2D eigenvalue weighted by Crippen LogP contribution is -2.36. The van der Waals surface area contributed by atoms with Crippen molar-refractivity contribution in [2.45, 2.75) is 57.9 Å². The molecule has 0 aromatic heterocycles. The molecule has 3 nitrogen and oxygen atoms in total. The molecule has 0 spiro atoms. The van der Waals surface area contributed by atoms with Crippen molar-refractivity contribution in [2.75, 3.05) is 6.54 Å². The SMILES string of the molecule is CC(NC(=O)CCCCCCN)C(C)c1ccccc1.Cl. The normalized spacial score (nSPS) is 13.1. The molecular weight excluding hydrogens is 284 g/mol. The lowest BCUT2D eigenvalue weighted by atomic mass is 9.94. The molecular formula is C17H29ClN2O. The zero-order valence-corrected chi connectivity index (χ0v) is 14.0. The molecule has 0 saturated carbocycles. The molecule has 2 atom stereocenters. The number of hydrogen-bond donors (Lipinski definition) is 2. The quantitative estimate of drug-likeness (QED) is 0.684. The zero-order chi connectivity index (χ0) is 14.8. The molecule has 0 heterocycles. The third kappa shape index (κ3) is 8.08. The third-order valence-corrected chi connectivity index (χ3v) is 3.82. The number of rotatable bonds is 9. The molecule has 120 valence electrons. The monoisotopic (exact) mass is 312 g/mol.